The van der Waals surface area contributed by atoms with Gasteiger partial charge in [-0.1, -0.05) is 110 Å². The molecule has 0 bridgehead atoms. The van der Waals surface area contributed by atoms with Crippen LogP contribution in [0.4, 0.5) is 0 Å². The van der Waals surface area contributed by atoms with Crippen LogP contribution in [-0.2, 0) is 34.6 Å². The number of H-pyrrole nitrogens is 1. The van der Waals surface area contributed by atoms with E-state index < -0.39 is 58.5 Å². The van der Waals surface area contributed by atoms with Crippen LogP contribution in [0.15, 0.2) is 94.6 Å². The molecule has 4 aromatic rings. The number of fused-ring (bicyclic) bond motifs is 1. The fourth-order valence-electron chi connectivity index (χ4n) is 8.45. The lowest BCUT2D eigenvalue weighted by atomic mass is 9.80. The molecule has 3 heterocycles. The van der Waals surface area contributed by atoms with Gasteiger partial charge in [0.15, 0.2) is 6.23 Å². The summed E-state index contributed by atoms with van der Waals surface area (Å²) in [6, 6.07) is 24.9. The Hall–Kier alpha value is -3.87. The molecule has 6 rings (SSSR count). The Labute approximate surface area is 337 Å². The number of aromatic amines is 1. The molecule has 0 spiro atoms. The molecule has 2 aliphatic heterocycles. The number of aliphatic hydroxyl groups excluding tert-OH is 1. The highest BCUT2D eigenvalue weighted by Crippen LogP contribution is 2.48. The number of nitrogens with zero attached hydrogens (tertiary/aromatic N) is 1. The summed E-state index contributed by atoms with van der Waals surface area (Å²) in [6.45, 7) is 16.9. The van der Waals surface area contributed by atoms with Crippen LogP contribution in [0, 0.1) is 0 Å². The van der Waals surface area contributed by atoms with Crippen molar-refractivity contribution in [2.45, 2.75) is 114 Å². The van der Waals surface area contributed by atoms with Crippen molar-refractivity contribution in [2.24, 2.45) is 0 Å². The molecule has 2 aliphatic rings. The Balaban J connectivity index is 1.41. The minimum atomic E-state index is -3.10. The number of rotatable bonds is 13. The fourth-order valence-corrected chi connectivity index (χ4v) is 19.7. The number of aliphatic hydroxyl groups is 1. The highest BCUT2D eigenvalue weighted by molar-refractivity contribution is 6.84. The SMILES string of the molecule is COc1ccc(C(OCc2cn([C@@H]3O[C@@H]4CO[Si](C(C)C)(C(C)C)O[Si](C(C)C)(C(C)C)O[C@H]4[C@H]3O)c(=O)[nH]c2=O)(c2ccccc2)c2ccc(OC)cc2)cc1. The normalized spacial score (nSPS) is 22.1. The van der Waals surface area contributed by atoms with Crippen LogP contribution in [0.2, 0.25) is 22.2 Å². The van der Waals surface area contributed by atoms with Crippen LogP contribution in [0.5, 0.6) is 11.5 Å². The number of benzene rings is 3. The zero-order valence-electron chi connectivity index (χ0n) is 34.7. The molecule has 3 aromatic carbocycles. The van der Waals surface area contributed by atoms with Crippen molar-refractivity contribution in [3.05, 3.63) is 128 Å². The summed E-state index contributed by atoms with van der Waals surface area (Å²) in [4.78, 5) is 29.7. The van der Waals surface area contributed by atoms with Gasteiger partial charge in [-0.2, -0.15) is 0 Å². The van der Waals surface area contributed by atoms with Crippen molar-refractivity contribution in [2.75, 3.05) is 20.8 Å². The first-order valence-electron chi connectivity index (χ1n) is 19.8. The van der Waals surface area contributed by atoms with Gasteiger partial charge in [0.25, 0.3) is 5.56 Å². The maximum Gasteiger partial charge on any atom is 0.335 e. The molecule has 0 unspecified atom stereocenters. The molecule has 0 saturated carbocycles. The van der Waals surface area contributed by atoms with Crippen LogP contribution in [-0.4, -0.2) is 70.9 Å². The maximum atomic E-state index is 13.6. The molecular weight excluding hydrogens is 761 g/mol. The minimum absolute atomic E-state index is 0.0244. The quantitative estimate of drug-likeness (QED) is 0.105. The summed E-state index contributed by atoms with van der Waals surface area (Å²) < 4.78 is 46.9. The number of methoxy groups -OCH3 is 2. The van der Waals surface area contributed by atoms with Gasteiger partial charge in [-0.25, -0.2) is 4.79 Å². The van der Waals surface area contributed by atoms with Crippen LogP contribution in [0.1, 0.15) is 83.9 Å². The van der Waals surface area contributed by atoms with E-state index in [1.807, 2.05) is 78.9 Å². The molecule has 308 valence electrons. The molecule has 2 N–H and O–H groups in total. The second-order valence-electron chi connectivity index (χ2n) is 16.2. The monoisotopic (exact) mass is 818 g/mol. The molecule has 12 nitrogen and oxygen atoms in total. The molecule has 0 amide bonds. The summed E-state index contributed by atoms with van der Waals surface area (Å²) in [5.74, 6) is 1.34. The smallest absolute Gasteiger partial charge is 0.335 e. The van der Waals surface area contributed by atoms with E-state index in [-0.39, 0.29) is 40.9 Å². The summed E-state index contributed by atoms with van der Waals surface area (Å²) >= 11 is 0. The summed E-state index contributed by atoms with van der Waals surface area (Å²) in [5, 5.41) is 12.0. The first-order valence-corrected chi connectivity index (χ1v) is 23.8. The van der Waals surface area contributed by atoms with Crippen molar-refractivity contribution in [1.82, 2.24) is 9.55 Å². The number of hydrogen-bond acceptors (Lipinski definition) is 10. The van der Waals surface area contributed by atoms with E-state index in [2.05, 4.69) is 60.4 Å². The molecule has 0 radical (unpaired) electrons. The fraction of sp³-hybridized carbons (Fsp3) is 0.488. The second kappa shape index (κ2) is 17.2. The third-order valence-electron chi connectivity index (χ3n) is 11.6. The van der Waals surface area contributed by atoms with Crippen molar-refractivity contribution >= 4 is 17.1 Å². The molecule has 14 heteroatoms. The zero-order valence-corrected chi connectivity index (χ0v) is 36.7. The Morgan fingerprint density at radius 2 is 1.28 bits per heavy atom. The predicted molar refractivity (Wildman–Crippen MR) is 222 cm³/mol. The number of aromatic nitrogens is 2. The number of nitrogens with one attached hydrogen (secondary N) is 1. The van der Waals surface area contributed by atoms with Gasteiger partial charge in [-0.3, -0.25) is 14.3 Å². The van der Waals surface area contributed by atoms with E-state index in [9.17, 15) is 14.7 Å². The number of ether oxygens (including phenoxy) is 4. The minimum Gasteiger partial charge on any atom is -0.497 e. The van der Waals surface area contributed by atoms with Crippen LogP contribution in [0.3, 0.4) is 0 Å². The van der Waals surface area contributed by atoms with Gasteiger partial charge in [-0.15, -0.1) is 0 Å². The van der Waals surface area contributed by atoms with Gasteiger partial charge in [-0.05, 0) is 63.1 Å². The van der Waals surface area contributed by atoms with Crippen LogP contribution in [0.25, 0.3) is 0 Å². The largest absolute Gasteiger partial charge is 0.497 e. The Bertz CT molecular complexity index is 2010. The lowest BCUT2D eigenvalue weighted by Crippen LogP contribution is -2.65. The van der Waals surface area contributed by atoms with E-state index in [0.29, 0.717) is 11.5 Å². The Kier molecular flexibility index (Phi) is 12.9. The number of hydrogen-bond donors (Lipinski definition) is 2. The molecule has 4 atom stereocenters. The van der Waals surface area contributed by atoms with Crippen LogP contribution >= 0.6 is 0 Å². The van der Waals surface area contributed by atoms with Gasteiger partial charge in [0.2, 0.25) is 0 Å². The van der Waals surface area contributed by atoms with Gasteiger partial charge < -0.3 is 37.0 Å². The highest BCUT2D eigenvalue weighted by atomic mass is 28.5. The first kappa shape index (κ1) is 42.7. The Morgan fingerprint density at radius 1 is 0.772 bits per heavy atom. The van der Waals surface area contributed by atoms with E-state index >= 15 is 0 Å². The lowest BCUT2D eigenvalue weighted by Gasteiger charge is -2.51. The van der Waals surface area contributed by atoms with E-state index in [1.54, 1.807) is 14.2 Å². The van der Waals surface area contributed by atoms with E-state index in [1.165, 1.54) is 10.8 Å². The topological polar surface area (TPSA) is 140 Å². The van der Waals surface area contributed by atoms with Crippen molar-refractivity contribution in [3.8, 4) is 11.5 Å². The van der Waals surface area contributed by atoms with Gasteiger partial charge in [0, 0.05) is 6.20 Å². The molecule has 2 saturated heterocycles. The molecule has 57 heavy (non-hydrogen) atoms. The summed E-state index contributed by atoms with van der Waals surface area (Å²) in [6.07, 6.45) is -2.59. The van der Waals surface area contributed by atoms with Gasteiger partial charge in [0.05, 0.1) is 33.0 Å². The average Bonchev–Trinajstić information content (AvgIpc) is 3.48. The molecule has 2 fully saturated rings. The van der Waals surface area contributed by atoms with Gasteiger partial charge >= 0.3 is 22.8 Å². The molecule has 1 aromatic heterocycles. The third-order valence-corrected chi connectivity index (χ3v) is 21.8. The van der Waals surface area contributed by atoms with Crippen molar-refractivity contribution < 1.29 is 37.0 Å². The molecular formula is C43H58N2O10Si2. The maximum absolute atomic E-state index is 13.6. The molecule has 0 aliphatic carbocycles. The van der Waals surface area contributed by atoms with Crippen LogP contribution < -0.4 is 20.7 Å². The van der Waals surface area contributed by atoms with E-state index in [4.69, 9.17) is 31.9 Å². The zero-order chi connectivity index (χ0) is 41.3. The summed E-state index contributed by atoms with van der Waals surface area (Å²) in [7, 11) is -2.77. The highest BCUT2D eigenvalue weighted by Gasteiger charge is 2.61. The predicted octanol–water partition coefficient (Wildman–Crippen LogP) is 7.28. The first-order chi connectivity index (χ1) is 27.1. The second-order valence-corrected chi connectivity index (χ2v) is 25.1. The average molecular weight is 819 g/mol. The van der Waals surface area contributed by atoms with Gasteiger partial charge in [0.1, 0.15) is 35.4 Å². The summed E-state index contributed by atoms with van der Waals surface area (Å²) in [5.41, 5.74) is 0.218. The standard InChI is InChI=1S/C43H58N2O10Si2/c1-27(2)56(28(3)4)52-26-37-39(54-57(55-56,29(5)6)30(7)8)38(46)41(53-37)45-24-31(40(47)44-42(45)48)25-51-43(32-14-12-11-13-15-32,33-16-20-35(49-9)21-17-33)34-18-22-36(50-10)23-19-34/h11-24,27-30,37-39,41,46H,25-26H2,1-10H3,(H,44,47,48)/t37-,38-,39-,41-/m1/s1. The van der Waals surface area contributed by atoms with E-state index in [0.717, 1.165) is 16.7 Å². The Morgan fingerprint density at radius 3 is 1.77 bits per heavy atom. The van der Waals surface area contributed by atoms with Crippen molar-refractivity contribution in [3.63, 3.8) is 0 Å². The third kappa shape index (κ3) is 7.86. The lowest BCUT2D eigenvalue weighted by molar-refractivity contribution is -0.0605. The van der Waals surface area contributed by atoms with Crippen molar-refractivity contribution in [1.29, 1.82) is 0 Å².